The molecule has 0 saturated carbocycles. The minimum atomic E-state index is -0.0182. The Morgan fingerprint density at radius 1 is 1.04 bits per heavy atom. The van der Waals surface area contributed by atoms with Gasteiger partial charge >= 0.3 is 0 Å². The van der Waals surface area contributed by atoms with Crippen LogP contribution in [0, 0.1) is 13.8 Å². The van der Waals surface area contributed by atoms with E-state index in [1.54, 1.807) is 0 Å². The zero-order valence-electron chi connectivity index (χ0n) is 13.9. The van der Waals surface area contributed by atoms with Crippen LogP contribution in [-0.4, -0.2) is 24.9 Å². The van der Waals surface area contributed by atoms with Crippen molar-refractivity contribution in [1.82, 2.24) is 0 Å². The fraction of sp³-hybridized carbons (Fsp3) is 0.316. The van der Waals surface area contributed by atoms with Crippen molar-refractivity contribution in [3.05, 3.63) is 47.5 Å². The highest BCUT2D eigenvalue weighted by atomic mass is 32.2. The molecule has 2 aromatic rings. The highest BCUT2D eigenvalue weighted by molar-refractivity contribution is 8.00. The number of carbonyl (C=O) groups excluding carboxylic acids is 1. The molecule has 0 aliphatic carbocycles. The summed E-state index contributed by atoms with van der Waals surface area (Å²) in [4.78, 5) is 13.1. The molecule has 1 aliphatic rings. The van der Waals surface area contributed by atoms with Gasteiger partial charge in [-0.2, -0.15) is 0 Å². The molecule has 0 fully saturated rings. The predicted octanol–water partition coefficient (Wildman–Crippen LogP) is 4.20. The van der Waals surface area contributed by atoms with Gasteiger partial charge in [0.1, 0.15) is 0 Å². The first-order chi connectivity index (χ1) is 11.6. The Labute approximate surface area is 146 Å². The van der Waals surface area contributed by atoms with Gasteiger partial charge in [0, 0.05) is 17.0 Å². The van der Waals surface area contributed by atoms with Crippen LogP contribution in [0.5, 0.6) is 11.5 Å². The second-order valence-electron chi connectivity index (χ2n) is 5.79. The first-order valence-electron chi connectivity index (χ1n) is 8.01. The maximum absolute atomic E-state index is 12.1. The molecule has 0 radical (unpaired) electrons. The van der Waals surface area contributed by atoms with E-state index < -0.39 is 0 Å². The molecule has 2 aromatic carbocycles. The van der Waals surface area contributed by atoms with E-state index in [0.717, 1.165) is 28.5 Å². The van der Waals surface area contributed by atoms with Gasteiger partial charge in [-0.05, 0) is 55.3 Å². The van der Waals surface area contributed by atoms with E-state index in [4.69, 9.17) is 9.47 Å². The number of benzene rings is 2. The van der Waals surface area contributed by atoms with Crippen molar-refractivity contribution < 1.29 is 14.3 Å². The van der Waals surface area contributed by atoms with E-state index >= 15 is 0 Å². The van der Waals surface area contributed by atoms with Gasteiger partial charge < -0.3 is 14.8 Å². The average Bonchev–Trinajstić information content (AvgIpc) is 2.81. The number of rotatable bonds is 4. The Hall–Kier alpha value is -2.14. The number of carbonyl (C=O) groups is 1. The zero-order valence-corrected chi connectivity index (χ0v) is 14.7. The van der Waals surface area contributed by atoms with Crippen molar-refractivity contribution in [3.8, 4) is 11.5 Å². The molecule has 1 amide bonds. The molecule has 4 nitrogen and oxygen atoms in total. The van der Waals surface area contributed by atoms with E-state index in [-0.39, 0.29) is 5.91 Å². The molecule has 1 N–H and O–H groups in total. The van der Waals surface area contributed by atoms with Crippen molar-refractivity contribution in [1.29, 1.82) is 0 Å². The molecule has 5 heteroatoms. The molecule has 0 spiro atoms. The molecule has 0 aromatic heterocycles. The third kappa shape index (κ3) is 4.23. The molecule has 0 unspecified atom stereocenters. The molecule has 1 heterocycles. The Kier molecular flexibility index (Phi) is 5.30. The van der Waals surface area contributed by atoms with E-state index in [0.29, 0.717) is 19.0 Å². The number of hydrogen-bond acceptors (Lipinski definition) is 4. The Balaban J connectivity index is 1.58. The highest BCUT2D eigenvalue weighted by Gasteiger charge is 2.12. The second-order valence-corrected chi connectivity index (χ2v) is 6.84. The second kappa shape index (κ2) is 7.62. The first kappa shape index (κ1) is 16.7. The summed E-state index contributed by atoms with van der Waals surface area (Å²) in [6.07, 6.45) is 0.884. The fourth-order valence-electron chi connectivity index (χ4n) is 2.40. The molecular weight excluding hydrogens is 322 g/mol. The summed E-state index contributed by atoms with van der Waals surface area (Å²) in [5, 5.41) is 2.94. The lowest BCUT2D eigenvalue weighted by Crippen LogP contribution is -2.14. The normalized spacial score (nSPS) is 13.2. The van der Waals surface area contributed by atoms with Gasteiger partial charge in [-0.1, -0.05) is 6.07 Å². The molecule has 0 bridgehead atoms. The minimum Gasteiger partial charge on any atom is -0.490 e. The van der Waals surface area contributed by atoms with E-state index in [1.807, 2.05) is 43.3 Å². The average molecular weight is 343 g/mol. The predicted molar refractivity (Wildman–Crippen MR) is 97.3 cm³/mol. The van der Waals surface area contributed by atoms with Gasteiger partial charge in [-0.25, -0.2) is 0 Å². The summed E-state index contributed by atoms with van der Waals surface area (Å²) in [6, 6.07) is 11.7. The van der Waals surface area contributed by atoms with Crippen LogP contribution >= 0.6 is 11.8 Å². The van der Waals surface area contributed by atoms with Gasteiger partial charge in [0.15, 0.2) is 11.5 Å². The molecule has 24 heavy (non-hydrogen) atoms. The molecule has 1 aliphatic heterocycles. The largest absolute Gasteiger partial charge is 0.490 e. The minimum absolute atomic E-state index is 0.0182. The quantitative estimate of drug-likeness (QED) is 0.846. The number of fused-ring (bicyclic) bond motifs is 1. The zero-order chi connectivity index (χ0) is 16.9. The maximum Gasteiger partial charge on any atom is 0.234 e. The van der Waals surface area contributed by atoms with Crippen molar-refractivity contribution >= 4 is 23.4 Å². The van der Waals surface area contributed by atoms with Crippen LogP contribution < -0.4 is 14.8 Å². The Morgan fingerprint density at radius 2 is 1.83 bits per heavy atom. The molecule has 0 atom stereocenters. The topological polar surface area (TPSA) is 47.6 Å². The third-order valence-electron chi connectivity index (χ3n) is 3.88. The molecule has 0 saturated heterocycles. The number of anilines is 1. The van der Waals surface area contributed by atoms with Crippen molar-refractivity contribution in [2.45, 2.75) is 25.2 Å². The number of thioether (sulfide) groups is 1. The van der Waals surface area contributed by atoms with Crippen LogP contribution in [0.2, 0.25) is 0 Å². The summed E-state index contributed by atoms with van der Waals surface area (Å²) >= 11 is 1.49. The number of nitrogens with one attached hydrogen (secondary N) is 1. The summed E-state index contributed by atoms with van der Waals surface area (Å²) in [5.41, 5.74) is 3.22. The van der Waals surface area contributed by atoms with Crippen LogP contribution in [0.15, 0.2) is 41.3 Å². The fourth-order valence-corrected chi connectivity index (χ4v) is 3.12. The molecular formula is C19H21NO3S. The Morgan fingerprint density at radius 3 is 2.62 bits per heavy atom. The van der Waals surface area contributed by atoms with Gasteiger partial charge in [-0.15, -0.1) is 11.8 Å². The van der Waals surface area contributed by atoms with E-state index in [9.17, 15) is 4.79 Å². The number of ether oxygens (including phenoxy) is 2. The number of aryl methyl sites for hydroxylation is 2. The first-order valence-corrected chi connectivity index (χ1v) is 9.00. The van der Waals surface area contributed by atoms with Gasteiger partial charge in [-0.3, -0.25) is 4.79 Å². The lowest BCUT2D eigenvalue weighted by Gasteiger charge is -2.10. The lowest BCUT2D eigenvalue weighted by atomic mass is 10.1. The van der Waals surface area contributed by atoms with E-state index in [1.165, 1.54) is 22.9 Å². The summed E-state index contributed by atoms with van der Waals surface area (Å²) in [7, 11) is 0. The lowest BCUT2D eigenvalue weighted by molar-refractivity contribution is -0.113. The smallest absolute Gasteiger partial charge is 0.234 e. The van der Waals surface area contributed by atoms with Crippen LogP contribution in [0.1, 0.15) is 17.5 Å². The van der Waals surface area contributed by atoms with Crippen LogP contribution in [-0.2, 0) is 4.79 Å². The van der Waals surface area contributed by atoms with Crippen LogP contribution in [0.4, 0.5) is 5.69 Å². The summed E-state index contributed by atoms with van der Waals surface area (Å²) < 4.78 is 11.3. The highest BCUT2D eigenvalue weighted by Crippen LogP contribution is 2.33. The summed E-state index contributed by atoms with van der Waals surface area (Å²) in [5.74, 6) is 1.87. The van der Waals surface area contributed by atoms with Crippen LogP contribution in [0.25, 0.3) is 0 Å². The van der Waals surface area contributed by atoms with Crippen molar-refractivity contribution in [2.24, 2.45) is 0 Å². The van der Waals surface area contributed by atoms with Crippen LogP contribution in [0.3, 0.4) is 0 Å². The van der Waals surface area contributed by atoms with Gasteiger partial charge in [0.05, 0.1) is 19.0 Å². The monoisotopic (exact) mass is 343 g/mol. The molecule has 3 rings (SSSR count). The third-order valence-corrected chi connectivity index (χ3v) is 4.87. The van der Waals surface area contributed by atoms with Crippen molar-refractivity contribution in [2.75, 3.05) is 24.3 Å². The maximum atomic E-state index is 12.1. The van der Waals surface area contributed by atoms with Gasteiger partial charge in [0.25, 0.3) is 0 Å². The van der Waals surface area contributed by atoms with Gasteiger partial charge in [0.2, 0.25) is 5.91 Å². The van der Waals surface area contributed by atoms with Crippen molar-refractivity contribution in [3.63, 3.8) is 0 Å². The SMILES string of the molecule is Cc1ccc(NC(=O)CSc2ccc3c(c2)OCCCO3)cc1C. The number of hydrogen-bond donors (Lipinski definition) is 1. The van der Waals surface area contributed by atoms with E-state index in [2.05, 4.69) is 12.2 Å². The summed E-state index contributed by atoms with van der Waals surface area (Å²) in [6.45, 7) is 5.44. The standard InChI is InChI=1S/C19H21NO3S/c1-13-4-5-15(10-14(13)2)20-19(21)12-24-16-6-7-17-18(11-16)23-9-3-8-22-17/h4-7,10-11H,3,8-9,12H2,1-2H3,(H,20,21). The number of amides is 1. The Bertz CT molecular complexity index is 745. The molecule has 126 valence electrons.